The molecule has 0 bridgehead atoms. The van der Waals surface area contributed by atoms with Crippen molar-refractivity contribution < 1.29 is 10.2 Å². The topological polar surface area (TPSA) is 66.5 Å². The van der Waals surface area contributed by atoms with Crippen LogP contribution in [0, 0.1) is 0 Å². The summed E-state index contributed by atoms with van der Waals surface area (Å²) in [5.41, 5.74) is 5.12. The van der Waals surface area contributed by atoms with E-state index in [1.165, 1.54) is 0 Å². The van der Waals surface area contributed by atoms with Crippen LogP contribution in [0.2, 0.25) is 0 Å². The van der Waals surface area contributed by atoms with Crippen LogP contribution in [-0.2, 0) is 0 Å². The summed E-state index contributed by atoms with van der Waals surface area (Å²) in [6.45, 7) is 2.05. The fourth-order valence-corrected chi connectivity index (χ4v) is 0.937. The molecule has 0 aliphatic carbocycles. The van der Waals surface area contributed by atoms with Crippen LogP contribution in [0.15, 0.2) is 0 Å². The van der Waals surface area contributed by atoms with E-state index in [4.69, 9.17) is 15.9 Å². The molecule has 0 radical (unpaired) electrons. The van der Waals surface area contributed by atoms with Crippen LogP contribution in [0.1, 0.15) is 39.0 Å². The quantitative estimate of drug-likeness (QED) is 0.394. The molecule has 3 heteroatoms. The van der Waals surface area contributed by atoms with Gasteiger partial charge in [0.25, 0.3) is 0 Å². The summed E-state index contributed by atoms with van der Waals surface area (Å²) in [5, 5.41) is 18.1. The highest BCUT2D eigenvalue weighted by Crippen LogP contribution is 2.10. The van der Waals surface area contributed by atoms with Crippen LogP contribution in [0.3, 0.4) is 0 Å². The van der Waals surface area contributed by atoms with E-state index in [9.17, 15) is 0 Å². The maximum absolute atomic E-state index is 9.05. The number of nitrogens with two attached hydrogens (primary N) is 1. The predicted octanol–water partition coefficient (Wildman–Crippen LogP) is 0.596. The number of hydrogen-bond donors (Lipinski definition) is 3. The summed E-state index contributed by atoms with van der Waals surface area (Å²) in [5.74, 6) is -1.63. The lowest BCUT2D eigenvalue weighted by Gasteiger charge is -2.18. The Bertz CT molecular complexity index is 94.1. The first-order valence-electron chi connectivity index (χ1n) is 4.27. The van der Waals surface area contributed by atoms with Gasteiger partial charge < -0.3 is 15.9 Å². The van der Waals surface area contributed by atoms with E-state index in [1.807, 2.05) is 0 Å². The van der Waals surface area contributed by atoms with Crippen LogP contribution in [0.25, 0.3) is 0 Å². The van der Waals surface area contributed by atoms with Gasteiger partial charge in [-0.15, -0.1) is 0 Å². The van der Waals surface area contributed by atoms with Gasteiger partial charge in [0.15, 0.2) is 5.79 Å². The Morgan fingerprint density at radius 1 is 1.18 bits per heavy atom. The van der Waals surface area contributed by atoms with Gasteiger partial charge in [-0.25, -0.2) is 0 Å². The molecule has 0 aliphatic rings. The summed E-state index contributed by atoms with van der Waals surface area (Å²) in [6.07, 6.45) is 4.61. The van der Waals surface area contributed by atoms with Crippen molar-refractivity contribution in [2.45, 2.75) is 44.8 Å². The van der Waals surface area contributed by atoms with Gasteiger partial charge in [-0.05, 0) is 6.42 Å². The van der Waals surface area contributed by atoms with Crippen molar-refractivity contribution in [1.29, 1.82) is 0 Å². The first-order chi connectivity index (χ1) is 5.12. The molecule has 0 aromatic carbocycles. The van der Waals surface area contributed by atoms with Crippen molar-refractivity contribution in [2.24, 2.45) is 5.73 Å². The molecule has 0 aromatic heterocycles. The second kappa shape index (κ2) is 5.52. The zero-order valence-corrected chi connectivity index (χ0v) is 7.21. The molecule has 0 rings (SSSR count). The highest BCUT2D eigenvalue weighted by atomic mass is 16.5. The van der Waals surface area contributed by atoms with Gasteiger partial charge in [-0.1, -0.05) is 26.2 Å². The van der Waals surface area contributed by atoms with E-state index in [0.29, 0.717) is 6.42 Å². The fourth-order valence-electron chi connectivity index (χ4n) is 0.937. The standard InChI is InChI=1S/C8H19NO2/c1-2-3-4-5-6-8(10,11)7-9/h10-11H,2-7,9H2,1H3. The fraction of sp³-hybridized carbons (Fsp3) is 1.00. The molecule has 0 amide bonds. The summed E-state index contributed by atoms with van der Waals surface area (Å²) >= 11 is 0. The van der Waals surface area contributed by atoms with Crippen LogP contribution in [-0.4, -0.2) is 22.5 Å². The number of rotatable bonds is 6. The molecular weight excluding hydrogens is 142 g/mol. The Kier molecular flexibility index (Phi) is 5.46. The molecule has 0 spiro atoms. The van der Waals surface area contributed by atoms with E-state index in [1.54, 1.807) is 0 Å². The smallest absolute Gasteiger partial charge is 0.175 e. The molecule has 0 saturated carbocycles. The highest BCUT2D eigenvalue weighted by molar-refractivity contribution is 4.64. The number of hydrogen-bond acceptors (Lipinski definition) is 3. The molecule has 11 heavy (non-hydrogen) atoms. The molecule has 4 N–H and O–H groups in total. The van der Waals surface area contributed by atoms with E-state index in [2.05, 4.69) is 6.92 Å². The maximum atomic E-state index is 9.05. The van der Waals surface area contributed by atoms with E-state index in [0.717, 1.165) is 25.7 Å². The lowest BCUT2D eigenvalue weighted by molar-refractivity contribution is -0.157. The van der Waals surface area contributed by atoms with E-state index >= 15 is 0 Å². The van der Waals surface area contributed by atoms with Crippen LogP contribution < -0.4 is 5.73 Å². The third kappa shape index (κ3) is 6.28. The molecule has 0 heterocycles. The van der Waals surface area contributed by atoms with Gasteiger partial charge in [0, 0.05) is 13.0 Å². The molecule has 0 saturated heterocycles. The monoisotopic (exact) mass is 161 g/mol. The molecule has 68 valence electrons. The van der Waals surface area contributed by atoms with Gasteiger partial charge in [0.2, 0.25) is 0 Å². The largest absolute Gasteiger partial charge is 0.365 e. The number of aliphatic hydroxyl groups is 2. The Morgan fingerprint density at radius 2 is 1.82 bits per heavy atom. The summed E-state index contributed by atoms with van der Waals surface area (Å²) in [6, 6.07) is 0. The second-order valence-corrected chi connectivity index (χ2v) is 3.00. The van der Waals surface area contributed by atoms with Crippen molar-refractivity contribution in [3.05, 3.63) is 0 Å². The van der Waals surface area contributed by atoms with Crippen LogP contribution in [0.4, 0.5) is 0 Å². The third-order valence-corrected chi connectivity index (χ3v) is 1.76. The molecule has 0 aliphatic heterocycles. The van der Waals surface area contributed by atoms with Gasteiger partial charge in [-0.2, -0.15) is 0 Å². The normalized spacial score (nSPS) is 12.0. The van der Waals surface area contributed by atoms with Crippen LogP contribution >= 0.6 is 0 Å². The average Bonchev–Trinajstić information content (AvgIpc) is 1.99. The minimum absolute atomic E-state index is 0.0703. The summed E-state index contributed by atoms with van der Waals surface area (Å²) < 4.78 is 0. The van der Waals surface area contributed by atoms with Crippen molar-refractivity contribution in [2.75, 3.05) is 6.54 Å². The first kappa shape index (κ1) is 10.9. The molecule has 0 fully saturated rings. The van der Waals surface area contributed by atoms with Crippen molar-refractivity contribution in [3.8, 4) is 0 Å². The summed E-state index contributed by atoms with van der Waals surface area (Å²) in [7, 11) is 0. The first-order valence-corrected chi connectivity index (χ1v) is 4.27. The average molecular weight is 161 g/mol. The predicted molar refractivity (Wildman–Crippen MR) is 45.0 cm³/mol. The van der Waals surface area contributed by atoms with Crippen molar-refractivity contribution in [1.82, 2.24) is 0 Å². The molecule has 3 nitrogen and oxygen atoms in total. The second-order valence-electron chi connectivity index (χ2n) is 3.00. The zero-order chi connectivity index (χ0) is 8.74. The molecular formula is C8H19NO2. The minimum atomic E-state index is -1.63. The SMILES string of the molecule is CCCCCCC(O)(O)CN. The molecule has 0 unspecified atom stereocenters. The lowest BCUT2D eigenvalue weighted by atomic mass is 10.1. The van der Waals surface area contributed by atoms with Crippen molar-refractivity contribution in [3.63, 3.8) is 0 Å². The lowest BCUT2D eigenvalue weighted by Crippen LogP contribution is -2.37. The van der Waals surface area contributed by atoms with Gasteiger partial charge >= 0.3 is 0 Å². The van der Waals surface area contributed by atoms with E-state index < -0.39 is 5.79 Å². The Balaban J connectivity index is 3.23. The van der Waals surface area contributed by atoms with E-state index in [-0.39, 0.29) is 6.54 Å². The third-order valence-electron chi connectivity index (χ3n) is 1.76. The van der Waals surface area contributed by atoms with Gasteiger partial charge in [0.1, 0.15) is 0 Å². The minimum Gasteiger partial charge on any atom is -0.365 e. The van der Waals surface area contributed by atoms with Crippen LogP contribution in [0.5, 0.6) is 0 Å². The zero-order valence-electron chi connectivity index (χ0n) is 7.21. The maximum Gasteiger partial charge on any atom is 0.175 e. The Morgan fingerprint density at radius 3 is 2.27 bits per heavy atom. The Labute approximate surface area is 68.2 Å². The van der Waals surface area contributed by atoms with Gasteiger partial charge in [0.05, 0.1) is 0 Å². The molecule has 0 atom stereocenters. The van der Waals surface area contributed by atoms with Gasteiger partial charge in [-0.3, -0.25) is 0 Å². The summed E-state index contributed by atoms with van der Waals surface area (Å²) in [4.78, 5) is 0. The molecule has 0 aromatic rings. The highest BCUT2D eigenvalue weighted by Gasteiger charge is 2.18. The Hall–Kier alpha value is -0.120. The van der Waals surface area contributed by atoms with Crippen molar-refractivity contribution >= 4 is 0 Å². The number of unbranched alkanes of at least 4 members (excludes halogenated alkanes) is 3.